The van der Waals surface area contributed by atoms with Gasteiger partial charge >= 0.3 is 6.09 Å². The maximum atomic E-state index is 10.7. The van der Waals surface area contributed by atoms with Crippen molar-refractivity contribution >= 4 is 23.6 Å². The van der Waals surface area contributed by atoms with Crippen LogP contribution in [0.1, 0.15) is 5.56 Å². The first kappa shape index (κ1) is 9.83. The van der Waals surface area contributed by atoms with Crippen molar-refractivity contribution in [3.8, 4) is 0 Å². The minimum Gasteiger partial charge on any atom is -0.392 e. The molecule has 5 heteroatoms. The third-order valence-corrected chi connectivity index (χ3v) is 1.63. The number of anilines is 1. The van der Waals surface area contributed by atoms with Gasteiger partial charge in [0, 0.05) is 11.3 Å². The molecular weight excluding hydrogens is 194 g/mol. The van der Waals surface area contributed by atoms with Gasteiger partial charge in [0.15, 0.2) is 0 Å². The summed E-state index contributed by atoms with van der Waals surface area (Å²) in [6.45, 7) is -0.154. The van der Waals surface area contributed by atoms with E-state index in [9.17, 15) is 4.79 Å². The van der Waals surface area contributed by atoms with Gasteiger partial charge in [-0.15, -0.1) is 0 Å². The van der Waals surface area contributed by atoms with E-state index in [1.165, 1.54) is 0 Å². The highest BCUT2D eigenvalue weighted by Gasteiger charge is 2.05. The summed E-state index contributed by atoms with van der Waals surface area (Å²) in [6.07, 6.45) is -0.775. The quantitative estimate of drug-likeness (QED) is 0.768. The molecule has 0 saturated heterocycles. The molecule has 0 aliphatic rings. The van der Waals surface area contributed by atoms with Gasteiger partial charge < -0.3 is 9.40 Å². The molecule has 0 aromatic heterocycles. The third-order valence-electron chi connectivity index (χ3n) is 1.49. The van der Waals surface area contributed by atoms with Gasteiger partial charge in [-0.1, -0.05) is 18.2 Å². The number of carbonyl (C=O) groups excluding carboxylic acids is 1. The molecule has 0 heterocycles. The minimum atomic E-state index is -0.775. The zero-order chi connectivity index (χ0) is 9.68. The van der Waals surface area contributed by atoms with Crippen molar-refractivity contribution in [1.82, 2.24) is 0 Å². The van der Waals surface area contributed by atoms with Gasteiger partial charge in [0.05, 0.1) is 6.61 Å². The molecule has 0 atom stereocenters. The lowest BCUT2D eigenvalue weighted by Crippen LogP contribution is -2.10. The number of halogens is 1. The average Bonchev–Trinajstić information content (AvgIpc) is 2.18. The largest absolute Gasteiger partial charge is 0.429 e. The minimum absolute atomic E-state index is 0.154. The molecule has 1 aromatic carbocycles. The van der Waals surface area contributed by atoms with Gasteiger partial charge in [0.1, 0.15) is 11.9 Å². The second-order valence-electron chi connectivity index (χ2n) is 2.30. The number of aliphatic hydroxyl groups excluding tert-OH is 1. The van der Waals surface area contributed by atoms with E-state index in [0.29, 0.717) is 11.3 Å². The fourth-order valence-electron chi connectivity index (χ4n) is 0.909. The summed E-state index contributed by atoms with van der Waals surface area (Å²) in [7, 11) is 0. The van der Waals surface area contributed by atoms with Crippen molar-refractivity contribution in [2.24, 2.45) is 0 Å². The van der Waals surface area contributed by atoms with Crippen LogP contribution in [0.15, 0.2) is 24.3 Å². The molecule has 4 nitrogen and oxygen atoms in total. The molecule has 0 radical (unpaired) electrons. The monoisotopic (exact) mass is 201 g/mol. The summed E-state index contributed by atoms with van der Waals surface area (Å²) < 4.78 is 3.89. The number of amides is 1. The van der Waals surface area contributed by atoms with E-state index < -0.39 is 6.09 Å². The number of carbonyl (C=O) groups is 1. The van der Waals surface area contributed by atoms with Crippen LogP contribution in [-0.2, 0) is 10.9 Å². The number of aliphatic hydroxyl groups is 1. The molecule has 0 spiro atoms. The number of para-hydroxylation sites is 1. The van der Waals surface area contributed by atoms with Gasteiger partial charge in [-0.25, -0.2) is 4.79 Å². The summed E-state index contributed by atoms with van der Waals surface area (Å²) in [5.74, 6) is 0. The lowest BCUT2D eigenvalue weighted by Gasteiger charge is -2.06. The molecular formula is C8H8ClNO3. The molecule has 0 fully saturated rings. The molecule has 2 N–H and O–H groups in total. The van der Waals surface area contributed by atoms with Crippen molar-refractivity contribution in [3.05, 3.63) is 29.8 Å². The van der Waals surface area contributed by atoms with Crippen LogP contribution in [0.3, 0.4) is 0 Å². The Balaban J connectivity index is 2.81. The van der Waals surface area contributed by atoms with Crippen molar-refractivity contribution in [3.63, 3.8) is 0 Å². The Morgan fingerprint density at radius 2 is 2.23 bits per heavy atom. The van der Waals surface area contributed by atoms with Gasteiger partial charge in [-0.3, -0.25) is 5.32 Å². The third kappa shape index (κ3) is 2.61. The highest BCUT2D eigenvalue weighted by Crippen LogP contribution is 2.14. The van der Waals surface area contributed by atoms with E-state index >= 15 is 0 Å². The van der Waals surface area contributed by atoms with Crippen LogP contribution in [0.25, 0.3) is 0 Å². The summed E-state index contributed by atoms with van der Waals surface area (Å²) in [5.41, 5.74) is 1.08. The van der Waals surface area contributed by atoms with E-state index in [2.05, 4.69) is 9.61 Å². The normalized spacial score (nSPS) is 9.38. The first-order chi connectivity index (χ1) is 6.27. The molecule has 0 saturated carbocycles. The molecule has 1 amide bonds. The second kappa shape index (κ2) is 4.69. The Morgan fingerprint density at radius 1 is 1.54 bits per heavy atom. The number of nitrogens with one attached hydrogen (secondary N) is 1. The standard InChI is InChI=1S/C8H8ClNO3/c9-13-8(12)10-7-4-2-1-3-6(7)5-11/h1-4,11H,5H2,(H,10,12). The van der Waals surface area contributed by atoms with Gasteiger partial charge in [0.25, 0.3) is 0 Å². The smallest absolute Gasteiger partial charge is 0.392 e. The van der Waals surface area contributed by atoms with Crippen LogP contribution in [0.5, 0.6) is 0 Å². The number of hydrogen-bond donors (Lipinski definition) is 2. The molecule has 1 aromatic rings. The van der Waals surface area contributed by atoms with Gasteiger partial charge in [-0.2, -0.15) is 0 Å². The lowest BCUT2D eigenvalue weighted by atomic mass is 10.2. The SMILES string of the molecule is O=C(Nc1ccccc1CO)OCl. The fraction of sp³-hybridized carbons (Fsp3) is 0.125. The molecule has 0 unspecified atom stereocenters. The summed E-state index contributed by atoms with van der Waals surface area (Å²) in [6, 6.07) is 6.80. The van der Waals surface area contributed by atoms with E-state index in [1.807, 2.05) is 0 Å². The van der Waals surface area contributed by atoms with Crippen LogP contribution in [0, 0.1) is 0 Å². The number of rotatable bonds is 2. The zero-order valence-corrected chi connectivity index (χ0v) is 7.41. The molecule has 0 aliphatic heterocycles. The first-order valence-electron chi connectivity index (χ1n) is 3.56. The highest BCUT2D eigenvalue weighted by molar-refractivity contribution is 6.14. The Hall–Kier alpha value is -1.26. The van der Waals surface area contributed by atoms with Crippen LogP contribution in [0.4, 0.5) is 10.5 Å². The Morgan fingerprint density at radius 3 is 2.85 bits per heavy atom. The maximum Gasteiger partial charge on any atom is 0.429 e. The summed E-state index contributed by atoms with van der Waals surface area (Å²) in [5, 5.41) is 11.2. The van der Waals surface area contributed by atoms with Crippen molar-refractivity contribution < 1.29 is 14.2 Å². The molecule has 0 aliphatic carbocycles. The predicted molar refractivity (Wildman–Crippen MR) is 48.3 cm³/mol. The van der Waals surface area contributed by atoms with Crippen molar-refractivity contribution in [1.29, 1.82) is 0 Å². The fourth-order valence-corrected chi connectivity index (χ4v) is 0.948. The summed E-state index contributed by atoms with van der Waals surface area (Å²) >= 11 is 4.82. The van der Waals surface area contributed by atoms with Gasteiger partial charge in [0.2, 0.25) is 0 Å². The number of benzene rings is 1. The maximum absolute atomic E-state index is 10.7. The van der Waals surface area contributed by atoms with Crippen molar-refractivity contribution in [2.45, 2.75) is 6.61 Å². The van der Waals surface area contributed by atoms with Crippen LogP contribution in [-0.4, -0.2) is 11.2 Å². The molecule has 1 rings (SSSR count). The molecule has 70 valence electrons. The van der Waals surface area contributed by atoms with Crippen LogP contribution >= 0.6 is 11.9 Å². The Kier molecular flexibility index (Phi) is 3.54. The molecule has 0 bridgehead atoms. The predicted octanol–water partition coefficient (Wildman–Crippen LogP) is 1.88. The Labute approximate surface area is 80.3 Å². The topological polar surface area (TPSA) is 58.6 Å². The van der Waals surface area contributed by atoms with Crippen LogP contribution in [0.2, 0.25) is 0 Å². The molecule has 13 heavy (non-hydrogen) atoms. The average molecular weight is 202 g/mol. The van der Waals surface area contributed by atoms with Gasteiger partial charge in [-0.05, 0) is 6.07 Å². The second-order valence-corrected chi connectivity index (χ2v) is 2.46. The van der Waals surface area contributed by atoms with E-state index in [1.54, 1.807) is 24.3 Å². The number of hydrogen-bond acceptors (Lipinski definition) is 3. The summed E-state index contributed by atoms with van der Waals surface area (Å²) in [4.78, 5) is 10.7. The lowest BCUT2D eigenvalue weighted by molar-refractivity contribution is 0.219. The van der Waals surface area contributed by atoms with E-state index in [-0.39, 0.29) is 6.61 Å². The van der Waals surface area contributed by atoms with E-state index in [4.69, 9.17) is 17.0 Å². The Bertz CT molecular complexity index is 303. The van der Waals surface area contributed by atoms with E-state index in [0.717, 1.165) is 0 Å². The van der Waals surface area contributed by atoms with Crippen LogP contribution < -0.4 is 5.32 Å². The first-order valence-corrected chi connectivity index (χ1v) is 3.87. The van der Waals surface area contributed by atoms with Crippen molar-refractivity contribution in [2.75, 3.05) is 5.32 Å². The highest BCUT2D eigenvalue weighted by atomic mass is 35.5. The zero-order valence-electron chi connectivity index (χ0n) is 6.66.